The maximum atomic E-state index is 2.18. The first-order valence-corrected chi connectivity index (χ1v) is 4.60. The monoisotopic (exact) mass is 176 g/mol. The second kappa shape index (κ2) is 17.1. The fraction of sp³-hybridized carbons (Fsp3) is 1.00. The SMILES string of the molecule is CCCC.CN(C)C.CN(C)C. The van der Waals surface area contributed by atoms with Crippen LogP contribution >= 0.6 is 0 Å². The Morgan fingerprint density at radius 2 is 0.667 bits per heavy atom. The van der Waals surface area contributed by atoms with Crippen LogP contribution in [-0.4, -0.2) is 52.1 Å². The molecule has 0 spiro atoms. The van der Waals surface area contributed by atoms with Crippen LogP contribution in [0.5, 0.6) is 0 Å². The first kappa shape index (κ1) is 17.9. The third-order valence-corrected chi connectivity index (χ3v) is 0.500. The summed E-state index contributed by atoms with van der Waals surface area (Å²) in [6, 6.07) is 0. The summed E-state index contributed by atoms with van der Waals surface area (Å²) in [5.74, 6) is 0. The Hall–Kier alpha value is -0.0800. The van der Waals surface area contributed by atoms with Gasteiger partial charge in [0, 0.05) is 0 Å². The Balaban J connectivity index is -0.000000101. The van der Waals surface area contributed by atoms with Gasteiger partial charge in [-0.2, -0.15) is 0 Å². The maximum absolute atomic E-state index is 2.18. The van der Waals surface area contributed by atoms with Crippen LogP contribution in [0.15, 0.2) is 0 Å². The zero-order valence-corrected chi connectivity index (χ0v) is 10.3. The van der Waals surface area contributed by atoms with Crippen LogP contribution in [0.4, 0.5) is 0 Å². The van der Waals surface area contributed by atoms with Crippen molar-refractivity contribution >= 4 is 0 Å². The Morgan fingerprint density at radius 1 is 0.583 bits per heavy atom. The lowest BCUT2D eigenvalue weighted by Crippen LogP contribution is -1.99. The number of hydrogen-bond acceptors (Lipinski definition) is 2. The molecule has 2 heteroatoms. The molecule has 0 radical (unpaired) electrons. The normalized spacial score (nSPS) is 8.50. The van der Waals surface area contributed by atoms with E-state index in [1.165, 1.54) is 12.8 Å². The highest BCUT2D eigenvalue weighted by Gasteiger charge is 1.58. The minimum atomic E-state index is 1.32. The Morgan fingerprint density at radius 3 is 0.667 bits per heavy atom. The van der Waals surface area contributed by atoms with E-state index in [1.54, 1.807) is 0 Å². The molecule has 0 saturated carbocycles. The van der Waals surface area contributed by atoms with Crippen LogP contribution in [0, 0.1) is 0 Å². The predicted molar refractivity (Wildman–Crippen MR) is 59.8 cm³/mol. The first-order valence-electron chi connectivity index (χ1n) is 4.60. The molecule has 0 aliphatic heterocycles. The number of hydrogen-bond donors (Lipinski definition) is 0. The third kappa shape index (κ3) is 933. The fourth-order valence-electron chi connectivity index (χ4n) is 0. The van der Waals surface area contributed by atoms with Crippen molar-refractivity contribution in [3.8, 4) is 0 Å². The summed E-state index contributed by atoms with van der Waals surface area (Å²) in [5, 5.41) is 0. The van der Waals surface area contributed by atoms with E-state index in [9.17, 15) is 0 Å². The molecule has 0 unspecified atom stereocenters. The quantitative estimate of drug-likeness (QED) is 0.604. The van der Waals surface area contributed by atoms with Gasteiger partial charge in [0.05, 0.1) is 0 Å². The van der Waals surface area contributed by atoms with Gasteiger partial charge in [0.2, 0.25) is 0 Å². The van der Waals surface area contributed by atoms with Gasteiger partial charge < -0.3 is 9.80 Å². The van der Waals surface area contributed by atoms with Gasteiger partial charge in [-0.05, 0) is 42.3 Å². The van der Waals surface area contributed by atoms with E-state index in [2.05, 4.69) is 13.8 Å². The second-order valence-corrected chi connectivity index (χ2v) is 3.68. The molecule has 2 nitrogen and oxygen atoms in total. The van der Waals surface area contributed by atoms with Crippen LogP contribution in [0.2, 0.25) is 0 Å². The molecule has 0 atom stereocenters. The van der Waals surface area contributed by atoms with Gasteiger partial charge in [-0.3, -0.25) is 0 Å². The molecule has 0 saturated heterocycles. The van der Waals surface area contributed by atoms with Crippen LogP contribution < -0.4 is 0 Å². The minimum absolute atomic E-state index is 1.32. The van der Waals surface area contributed by atoms with Crippen molar-refractivity contribution in [3.05, 3.63) is 0 Å². The van der Waals surface area contributed by atoms with Gasteiger partial charge in [0.25, 0.3) is 0 Å². The van der Waals surface area contributed by atoms with Gasteiger partial charge in [0.1, 0.15) is 0 Å². The molecule has 0 amide bonds. The molecular weight excluding hydrogens is 148 g/mol. The highest BCUT2D eigenvalue weighted by molar-refractivity contribution is 4.12. The average molecular weight is 176 g/mol. The molecule has 0 aromatic heterocycles. The molecule has 12 heavy (non-hydrogen) atoms. The summed E-state index contributed by atoms with van der Waals surface area (Å²) in [7, 11) is 12.0. The summed E-state index contributed by atoms with van der Waals surface area (Å²) in [6.07, 6.45) is 2.64. The van der Waals surface area contributed by atoms with E-state index in [1.807, 2.05) is 52.1 Å². The standard InChI is InChI=1S/C4H10.2C3H9N/c1-3-4-2;2*1-4(2)3/h3-4H2,1-2H3;2*1-3H3. The van der Waals surface area contributed by atoms with Crippen LogP contribution in [-0.2, 0) is 0 Å². The van der Waals surface area contributed by atoms with Crippen molar-refractivity contribution in [2.24, 2.45) is 0 Å². The van der Waals surface area contributed by atoms with Crippen LogP contribution in [0.1, 0.15) is 26.7 Å². The molecule has 78 valence electrons. The Bertz CT molecular complexity index is 38.3. The van der Waals surface area contributed by atoms with E-state index in [-0.39, 0.29) is 0 Å². The van der Waals surface area contributed by atoms with Gasteiger partial charge in [-0.1, -0.05) is 26.7 Å². The van der Waals surface area contributed by atoms with Crippen molar-refractivity contribution in [1.29, 1.82) is 0 Å². The molecule has 0 heterocycles. The lowest BCUT2D eigenvalue weighted by atomic mass is 10.4. The van der Waals surface area contributed by atoms with Crippen LogP contribution in [0.25, 0.3) is 0 Å². The average Bonchev–Trinajstić information content (AvgIpc) is 1.85. The van der Waals surface area contributed by atoms with Crippen molar-refractivity contribution in [2.75, 3.05) is 42.3 Å². The van der Waals surface area contributed by atoms with Crippen molar-refractivity contribution in [3.63, 3.8) is 0 Å². The third-order valence-electron chi connectivity index (χ3n) is 0.500. The predicted octanol–water partition coefficient (Wildman–Crippen LogP) is 2.16. The Kier molecular flexibility index (Phi) is 25.5. The highest BCUT2D eigenvalue weighted by atomic mass is 15.0. The van der Waals surface area contributed by atoms with Gasteiger partial charge in [-0.25, -0.2) is 0 Å². The minimum Gasteiger partial charge on any atom is -0.312 e. The molecule has 0 aromatic carbocycles. The zero-order valence-electron chi connectivity index (χ0n) is 10.3. The topological polar surface area (TPSA) is 6.48 Å². The molecule has 0 N–H and O–H groups in total. The maximum Gasteiger partial charge on any atom is -0.0140 e. The van der Waals surface area contributed by atoms with E-state index in [0.29, 0.717) is 0 Å². The molecule has 0 aliphatic rings. The lowest BCUT2D eigenvalue weighted by molar-refractivity contribution is 0.505. The molecular formula is C10H28N2. The molecule has 0 rings (SSSR count). The molecule has 0 aliphatic carbocycles. The van der Waals surface area contributed by atoms with Gasteiger partial charge in [0.15, 0.2) is 0 Å². The van der Waals surface area contributed by atoms with Gasteiger partial charge in [-0.15, -0.1) is 0 Å². The first-order chi connectivity index (χ1) is 5.38. The van der Waals surface area contributed by atoms with Crippen molar-refractivity contribution in [2.45, 2.75) is 26.7 Å². The number of rotatable bonds is 1. The van der Waals surface area contributed by atoms with E-state index in [0.717, 1.165) is 0 Å². The smallest absolute Gasteiger partial charge is 0.0140 e. The number of unbranched alkanes of at least 4 members (excludes halogenated alkanes) is 1. The summed E-state index contributed by atoms with van der Waals surface area (Å²) >= 11 is 0. The molecule has 0 bridgehead atoms. The molecule has 0 aromatic rings. The molecule has 0 fully saturated rings. The summed E-state index contributed by atoms with van der Waals surface area (Å²) in [5.41, 5.74) is 0. The van der Waals surface area contributed by atoms with E-state index < -0.39 is 0 Å². The second-order valence-electron chi connectivity index (χ2n) is 3.68. The van der Waals surface area contributed by atoms with Gasteiger partial charge >= 0.3 is 0 Å². The fourth-order valence-corrected chi connectivity index (χ4v) is 0. The summed E-state index contributed by atoms with van der Waals surface area (Å²) in [6.45, 7) is 4.36. The number of nitrogens with zero attached hydrogens (tertiary/aromatic N) is 2. The van der Waals surface area contributed by atoms with E-state index >= 15 is 0 Å². The highest BCUT2D eigenvalue weighted by Crippen LogP contribution is 1.76. The van der Waals surface area contributed by atoms with Crippen LogP contribution in [0.3, 0.4) is 0 Å². The lowest BCUT2D eigenvalue weighted by Gasteiger charge is -1.90. The van der Waals surface area contributed by atoms with E-state index in [4.69, 9.17) is 0 Å². The summed E-state index contributed by atoms with van der Waals surface area (Å²) < 4.78 is 0. The van der Waals surface area contributed by atoms with Crippen molar-refractivity contribution in [1.82, 2.24) is 9.80 Å². The summed E-state index contributed by atoms with van der Waals surface area (Å²) in [4.78, 5) is 4.00. The largest absolute Gasteiger partial charge is 0.312 e. The van der Waals surface area contributed by atoms with Crippen molar-refractivity contribution < 1.29 is 0 Å². The zero-order chi connectivity index (χ0) is 10.6. The Labute approximate surface area is 79.6 Å².